The van der Waals surface area contributed by atoms with Crippen molar-refractivity contribution >= 4 is 11.8 Å². The Hall–Kier alpha value is -1.92. The fourth-order valence-electron chi connectivity index (χ4n) is 4.38. The topological polar surface area (TPSA) is 84.7 Å². The molecule has 6 nitrogen and oxygen atoms in total. The van der Waals surface area contributed by atoms with Crippen LogP contribution in [0.25, 0.3) is 0 Å². The molecule has 2 amide bonds. The monoisotopic (exact) mass is 373 g/mol. The van der Waals surface area contributed by atoms with Crippen LogP contribution in [0.1, 0.15) is 77.6 Å². The van der Waals surface area contributed by atoms with Crippen LogP contribution < -0.4 is 11.1 Å². The van der Waals surface area contributed by atoms with E-state index in [9.17, 15) is 9.59 Å². The predicted molar refractivity (Wildman–Crippen MR) is 105 cm³/mol. The third-order valence-electron chi connectivity index (χ3n) is 5.80. The van der Waals surface area contributed by atoms with Crippen LogP contribution in [-0.4, -0.2) is 49.2 Å². The van der Waals surface area contributed by atoms with Crippen LogP contribution in [-0.2, 0) is 4.74 Å². The quantitative estimate of drug-likeness (QED) is 0.803. The lowest BCUT2D eigenvalue weighted by molar-refractivity contribution is 0.00825. The zero-order valence-corrected chi connectivity index (χ0v) is 16.2. The van der Waals surface area contributed by atoms with E-state index in [4.69, 9.17) is 10.5 Å². The molecule has 27 heavy (non-hydrogen) atoms. The minimum atomic E-state index is -0.453. The van der Waals surface area contributed by atoms with Gasteiger partial charge in [0.05, 0.1) is 19.4 Å². The number of nitrogens with two attached hydrogens (primary N) is 1. The van der Waals surface area contributed by atoms with E-state index in [0.717, 1.165) is 50.8 Å². The Kier molecular flexibility index (Phi) is 6.85. The number of carbonyl (C=O) groups excluding carboxylic acids is 2. The van der Waals surface area contributed by atoms with Gasteiger partial charge < -0.3 is 15.8 Å². The van der Waals surface area contributed by atoms with Gasteiger partial charge in [-0.25, -0.2) is 0 Å². The lowest BCUT2D eigenvalue weighted by atomic mass is 9.79. The SMILES string of the molecule is CCC(NC(=O)c1cccc(C(N)=O)c1C1CCCCC1)N1CCOCC1. The molecule has 3 N–H and O–H groups in total. The van der Waals surface area contributed by atoms with Crippen LogP contribution in [0.4, 0.5) is 0 Å². The van der Waals surface area contributed by atoms with E-state index < -0.39 is 5.91 Å². The Morgan fingerprint density at radius 1 is 1.19 bits per heavy atom. The Morgan fingerprint density at radius 3 is 2.48 bits per heavy atom. The number of rotatable bonds is 6. The number of amides is 2. The van der Waals surface area contributed by atoms with E-state index in [-0.39, 0.29) is 18.0 Å². The molecule has 0 bridgehead atoms. The van der Waals surface area contributed by atoms with Crippen molar-refractivity contribution in [3.63, 3.8) is 0 Å². The second-order valence-corrected chi connectivity index (χ2v) is 7.51. The van der Waals surface area contributed by atoms with Gasteiger partial charge in [0.1, 0.15) is 0 Å². The van der Waals surface area contributed by atoms with Gasteiger partial charge in [0.2, 0.25) is 5.91 Å². The van der Waals surface area contributed by atoms with Crippen molar-refractivity contribution in [3.8, 4) is 0 Å². The second-order valence-electron chi connectivity index (χ2n) is 7.51. The molecular weight excluding hydrogens is 342 g/mol. The lowest BCUT2D eigenvalue weighted by Gasteiger charge is -2.34. The number of carbonyl (C=O) groups is 2. The summed E-state index contributed by atoms with van der Waals surface area (Å²) in [5, 5.41) is 3.18. The summed E-state index contributed by atoms with van der Waals surface area (Å²) in [6.45, 7) is 5.08. The molecule has 1 aromatic rings. The molecule has 2 fully saturated rings. The molecule has 148 valence electrons. The maximum Gasteiger partial charge on any atom is 0.252 e. The first-order valence-electron chi connectivity index (χ1n) is 10.2. The first-order chi connectivity index (χ1) is 13.1. The number of ether oxygens (including phenoxy) is 1. The van der Waals surface area contributed by atoms with Crippen molar-refractivity contribution in [1.29, 1.82) is 0 Å². The molecule has 0 radical (unpaired) electrons. The average molecular weight is 373 g/mol. The summed E-state index contributed by atoms with van der Waals surface area (Å²) < 4.78 is 5.42. The smallest absolute Gasteiger partial charge is 0.252 e. The molecule has 6 heteroatoms. The van der Waals surface area contributed by atoms with Gasteiger partial charge in [-0.15, -0.1) is 0 Å². The van der Waals surface area contributed by atoms with Gasteiger partial charge in [0, 0.05) is 24.2 Å². The maximum atomic E-state index is 13.2. The highest BCUT2D eigenvalue weighted by Gasteiger charge is 2.28. The Labute approximate surface area is 161 Å². The molecule has 1 unspecified atom stereocenters. The van der Waals surface area contributed by atoms with Gasteiger partial charge in [-0.3, -0.25) is 14.5 Å². The van der Waals surface area contributed by atoms with Crippen LogP contribution >= 0.6 is 0 Å². The first kappa shape index (κ1) is 19.8. The van der Waals surface area contributed by atoms with E-state index in [1.807, 2.05) is 6.07 Å². The number of hydrogen-bond acceptors (Lipinski definition) is 4. The minimum absolute atomic E-state index is 0.0298. The summed E-state index contributed by atoms with van der Waals surface area (Å²) in [6, 6.07) is 5.34. The molecule has 1 aliphatic carbocycles. The van der Waals surface area contributed by atoms with E-state index in [0.29, 0.717) is 24.3 Å². The summed E-state index contributed by atoms with van der Waals surface area (Å²) in [7, 11) is 0. The predicted octanol–water partition coefficient (Wildman–Crippen LogP) is 2.63. The van der Waals surface area contributed by atoms with Gasteiger partial charge in [-0.1, -0.05) is 32.3 Å². The van der Waals surface area contributed by atoms with Crippen LogP contribution in [0.2, 0.25) is 0 Å². The van der Waals surface area contributed by atoms with Crippen molar-refractivity contribution in [2.45, 2.75) is 57.5 Å². The molecular formula is C21H31N3O3. The third-order valence-corrected chi connectivity index (χ3v) is 5.80. The number of nitrogens with one attached hydrogen (secondary N) is 1. The average Bonchev–Trinajstić information content (AvgIpc) is 2.72. The third kappa shape index (κ3) is 4.68. The molecule has 1 atom stereocenters. The molecule has 2 aliphatic rings. The molecule has 1 aromatic carbocycles. The Morgan fingerprint density at radius 2 is 1.85 bits per heavy atom. The molecule has 0 spiro atoms. The van der Waals surface area contributed by atoms with Crippen molar-refractivity contribution < 1.29 is 14.3 Å². The van der Waals surface area contributed by atoms with Gasteiger partial charge in [-0.05, 0) is 42.9 Å². The fourth-order valence-corrected chi connectivity index (χ4v) is 4.38. The van der Waals surface area contributed by atoms with Crippen LogP contribution in [0, 0.1) is 0 Å². The minimum Gasteiger partial charge on any atom is -0.379 e. The molecule has 3 rings (SSSR count). The van der Waals surface area contributed by atoms with Crippen LogP contribution in [0.5, 0.6) is 0 Å². The highest BCUT2D eigenvalue weighted by molar-refractivity contribution is 6.02. The highest BCUT2D eigenvalue weighted by Crippen LogP contribution is 2.36. The van der Waals surface area contributed by atoms with Crippen LogP contribution in [0.3, 0.4) is 0 Å². The summed E-state index contributed by atoms with van der Waals surface area (Å²) in [5.74, 6) is -0.339. The molecule has 1 saturated heterocycles. The van der Waals surface area contributed by atoms with E-state index >= 15 is 0 Å². The van der Waals surface area contributed by atoms with Crippen molar-refractivity contribution in [2.24, 2.45) is 5.73 Å². The van der Waals surface area contributed by atoms with Crippen molar-refractivity contribution in [1.82, 2.24) is 10.2 Å². The van der Waals surface area contributed by atoms with E-state index in [2.05, 4.69) is 17.1 Å². The summed E-state index contributed by atoms with van der Waals surface area (Å²) >= 11 is 0. The number of benzene rings is 1. The van der Waals surface area contributed by atoms with Gasteiger partial charge in [-0.2, -0.15) is 0 Å². The maximum absolute atomic E-state index is 13.2. The zero-order chi connectivity index (χ0) is 19.2. The van der Waals surface area contributed by atoms with Crippen molar-refractivity contribution in [3.05, 3.63) is 34.9 Å². The largest absolute Gasteiger partial charge is 0.379 e. The number of morpholine rings is 1. The second kappa shape index (κ2) is 9.33. The number of hydrogen-bond donors (Lipinski definition) is 2. The first-order valence-corrected chi connectivity index (χ1v) is 10.2. The molecule has 1 aliphatic heterocycles. The molecule has 1 saturated carbocycles. The summed E-state index contributed by atoms with van der Waals surface area (Å²) in [6.07, 6.45) is 6.27. The number of primary amides is 1. The van der Waals surface area contributed by atoms with Crippen LogP contribution in [0.15, 0.2) is 18.2 Å². The normalized spacial score (nSPS) is 20.2. The standard InChI is InChI=1S/C21H31N3O3/c1-2-18(24-11-13-27-14-12-24)23-21(26)17-10-6-9-16(20(22)25)19(17)15-7-4-3-5-8-15/h6,9-10,15,18H,2-5,7-8,11-14H2,1H3,(H2,22,25)(H,23,26). The molecule has 1 heterocycles. The van der Waals surface area contributed by atoms with Gasteiger partial charge in [0.25, 0.3) is 5.91 Å². The summed E-state index contributed by atoms with van der Waals surface area (Å²) in [5.41, 5.74) is 7.58. The Bertz CT molecular complexity index is 665. The Balaban J connectivity index is 1.86. The number of nitrogens with zero attached hydrogens (tertiary/aromatic N) is 1. The molecule has 0 aromatic heterocycles. The van der Waals surface area contributed by atoms with Gasteiger partial charge >= 0.3 is 0 Å². The van der Waals surface area contributed by atoms with Crippen molar-refractivity contribution in [2.75, 3.05) is 26.3 Å². The highest BCUT2D eigenvalue weighted by atomic mass is 16.5. The van der Waals surface area contributed by atoms with Gasteiger partial charge in [0.15, 0.2) is 0 Å². The summed E-state index contributed by atoms with van der Waals surface area (Å²) in [4.78, 5) is 27.5. The van der Waals surface area contributed by atoms with E-state index in [1.54, 1.807) is 12.1 Å². The fraction of sp³-hybridized carbons (Fsp3) is 0.619. The zero-order valence-electron chi connectivity index (χ0n) is 16.2. The lowest BCUT2D eigenvalue weighted by Crippen LogP contribution is -2.52. The van der Waals surface area contributed by atoms with E-state index in [1.165, 1.54) is 6.42 Å².